The molecule has 0 atom stereocenters. The molecule has 0 saturated heterocycles. The van der Waals surface area contributed by atoms with Crippen molar-refractivity contribution in [2.45, 2.75) is 26.7 Å². The van der Waals surface area contributed by atoms with Gasteiger partial charge in [-0.15, -0.1) is 0 Å². The summed E-state index contributed by atoms with van der Waals surface area (Å²) in [7, 11) is 0. The lowest BCUT2D eigenvalue weighted by Gasteiger charge is -2.14. The molecule has 2 rings (SSSR count). The zero-order valence-electron chi connectivity index (χ0n) is 16.0. The highest BCUT2D eigenvalue weighted by Gasteiger charge is 2.13. The van der Waals surface area contributed by atoms with E-state index >= 15 is 0 Å². The first kappa shape index (κ1) is 20.3. The van der Waals surface area contributed by atoms with Gasteiger partial charge in [0.25, 0.3) is 0 Å². The number of hydrogen-bond donors (Lipinski definition) is 2. The van der Waals surface area contributed by atoms with Gasteiger partial charge in [0.05, 0.1) is 24.4 Å². The fraction of sp³-hybridized carbons (Fsp3) is 0.333. The molecule has 0 fully saturated rings. The van der Waals surface area contributed by atoms with E-state index in [0.29, 0.717) is 30.3 Å². The Bertz CT molecular complexity index is 774. The molecule has 2 aromatic rings. The lowest BCUT2D eigenvalue weighted by Crippen LogP contribution is -2.32. The first-order valence-electron chi connectivity index (χ1n) is 9.05. The van der Waals surface area contributed by atoms with Crippen molar-refractivity contribution in [3.63, 3.8) is 0 Å². The van der Waals surface area contributed by atoms with Crippen LogP contribution in [0.1, 0.15) is 42.6 Å². The van der Waals surface area contributed by atoms with Crippen molar-refractivity contribution in [1.82, 2.24) is 5.32 Å². The quantitative estimate of drug-likeness (QED) is 0.540. The Morgan fingerprint density at radius 1 is 1.04 bits per heavy atom. The van der Waals surface area contributed by atoms with Crippen LogP contribution in [0, 0.1) is 0 Å². The SMILES string of the molecule is CCOC(=O)c1ccccc1NC(=O)NCCOc1ccccc1C(C)C. The Hall–Kier alpha value is -3.02. The number of esters is 1. The molecule has 0 heterocycles. The van der Waals surface area contributed by atoms with E-state index in [4.69, 9.17) is 9.47 Å². The molecule has 2 N–H and O–H groups in total. The van der Waals surface area contributed by atoms with Crippen molar-refractivity contribution in [2.24, 2.45) is 0 Å². The molecule has 0 aliphatic rings. The Kier molecular flexibility index (Phi) is 7.67. The van der Waals surface area contributed by atoms with E-state index in [1.807, 2.05) is 24.3 Å². The summed E-state index contributed by atoms with van der Waals surface area (Å²) in [6, 6.07) is 14.2. The molecular formula is C21H26N2O4. The molecule has 0 aliphatic carbocycles. The normalized spacial score (nSPS) is 10.4. The molecule has 0 saturated carbocycles. The number of rotatable bonds is 8. The summed E-state index contributed by atoms with van der Waals surface area (Å²) in [5.41, 5.74) is 1.85. The van der Waals surface area contributed by atoms with E-state index in [1.54, 1.807) is 31.2 Å². The van der Waals surface area contributed by atoms with Crippen LogP contribution in [0.4, 0.5) is 10.5 Å². The van der Waals surface area contributed by atoms with Crippen LogP contribution in [0.25, 0.3) is 0 Å². The van der Waals surface area contributed by atoms with E-state index in [9.17, 15) is 9.59 Å². The molecule has 144 valence electrons. The maximum Gasteiger partial charge on any atom is 0.340 e. The molecule has 6 nitrogen and oxygen atoms in total. The maximum absolute atomic E-state index is 12.1. The number of hydrogen-bond acceptors (Lipinski definition) is 4. The third-order valence-electron chi connectivity index (χ3n) is 3.86. The summed E-state index contributed by atoms with van der Waals surface area (Å²) in [6.07, 6.45) is 0. The van der Waals surface area contributed by atoms with Crippen molar-refractivity contribution < 1.29 is 19.1 Å². The van der Waals surface area contributed by atoms with Crippen LogP contribution in [-0.4, -0.2) is 31.8 Å². The molecular weight excluding hydrogens is 344 g/mol. The van der Waals surface area contributed by atoms with Crippen molar-refractivity contribution in [3.8, 4) is 5.75 Å². The Balaban J connectivity index is 1.85. The molecule has 0 unspecified atom stereocenters. The summed E-state index contributed by atoms with van der Waals surface area (Å²) >= 11 is 0. The van der Waals surface area contributed by atoms with Crippen molar-refractivity contribution in [1.29, 1.82) is 0 Å². The van der Waals surface area contributed by atoms with Crippen LogP contribution >= 0.6 is 0 Å². The molecule has 2 aromatic carbocycles. The van der Waals surface area contributed by atoms with Crippen LogP contribution < -0.4 is 15.4 Å². The van der Waals surface area contributed by atoms with E-state index in [-0.39, 0.29) is 6.61 Å². The van der Waals surface area contributed by atoms with Gasteiger partial charge in [0.2, 0.25) is 0 Å². The van der Waals surface area contributed by atoms with Crippen LogP contribution in [0.2, 0.25) is 0 Å². The lowest BCUT2D eigenvalue weighted by atomic mass is 10.0. The number of amides is 2. The van der Waals surface area contributed by atoms with Crippen LogP contribution in [0.3, 0.4) is 0 Å². The fourth-order valence-corrected chi connectivity index (χ4v) is 2.56. The Morgan fingerprint density at radius 3 is 2.48 bits per heavy atom. The van der Waals surface area contributed by atoms with Crippen LogP contribution in [0.15, 0.2) is 48.5 Å². The van der Waals surface area contributed by atoms with Crippen LogP contribution in [0.5, 0.6) is 5.75 Å². The van der Waals surface area contributed by atoms with Crippen molar-refractivity contribution in [3.05, 3.63) is 59.7 Å². The number of ether oxygens (including phenoxy) is 2. The minimum atomic E-state index is -0.470. The van der Waals surface area contributed by atoms with Gasteiger partial charge in [0.15, 0.2) is 0 Å². The van der Waals surface area contributed by atoms with Crippen molar-refractivity contribution >= 4 is 17.7 Å². The maximum atomic E-state index is 12.1. The van der Waals surface area contributed by atoms with Crippen molar-refractivity contribution in [2.75, 3.05) is 25.1 Å². The molecule has 0 spiro atoms. The molecule has 6 heteroatoms. The average Bonchev–Trinajstić information content (AvgIpc) is 2.66. The number of nitrogens with one attached hydrogen (secondary N) is 2. The molecule has 0 bridgehead atoms. The van der Waals surface area contributed by atoms with E-state index in [2.05, 4.69) is 24.5 Å². The van der Waals surface area contributed by atoms with Gasteiger partial charge in [-0.05, 0) is 36.6 Å². The minimum absolute atomic E-state index is 0.272. The fourth-order valence-electron chi connectivity index (χ4n) is 2.56. The third kappa shape index (κ3) is 6.02. The van der Waals surface area contributed by atoms with E-state index in [0.717, 1.165) is 11.3 Å². The van der Waals surface area contributed by atoms with Crippen LogP contribution in [-0.2, 0) is 4.74 Å². The zero-order valence-corrected chi connectivity index (χ0v) is 16.0. The Morgan fingerprint density at radius 2 is 1.74 bits per heavy atom. The number of para-hydroxylation sites is 2. The number of anilines is 1. The average molecular weight is 370 g/mol. The highest BCUT2D eigenvalue weighted by atomic mass is 16.5. The lowest BCUT2D eigenvalue weighted by molar-refractivity contribution is 0.0527. The largest absolute Gasteiger partial charge is 0.491 e. The van der Waals surface area contributed by atoms with Gasteiger partial charge in [-0.1, -0.05) is 44.2 Å². The summed E-state index contributed by atoms with van der Waals surface area (Å²) in [5.74, 6) is 0.709. The summed E-state index contributed by atoms with van der Waals surface area (Å²) in [6.45, 7) is 6.90. The second-order valence-corrected chi connectivity index (χ2v) is 6.19. The third-order valence-corrected chi connectivity index (χ3v) is 3.86. The number of urea groups is 1. The summed E-state index contributed by atoms with van der Waals surface area (Å²) < 4.78 is 10.8. The smallest absolute Gasteiger partial charge is 0.340 e. The first-order valence-corrected chi connectivity index (χ1v) is 9.05. The molecule has 0 radical (unpaired) electrons. The minimum Gasteiger partial charge on any atom is -0.491 e. The molecule has 0 aliphatic heterocycles. The van der Waals surface area contributed by atoms with Gasteiger partial charge >= 0.3 is 12.0 Å². The first-order chi connectivity index (χ1) is 13.0. The summed E-state index contributed by atoms with van der Waals surface area (Å²) in [4.78, 5) is 24.0. The predicted octanol–water partition coefficient (Wildman–Crippen LogP) is 4.19. The molecule has 27 heavy (non-hydrogen) atoms. The Labute approximate surface area is 159 Å². The topological polar surface area (TPSA) is 76.7 Å². The van der Waals surface area contributed by atoms with Gasteiger partial charge in [-0.25, -0.2) is 9.59 Å². The second-order valence-electron chi connectivity index (χ2n) is 6.19. The monoisotopic (exact) mass is 370 g/mol. The second kappa shape index (κ2) is 10.2. The molecule has 0 aromatic heterocycles. The van der Waals surface area contributed by atoms with Gasteiger partial charge in [-0.2, -0.15) is 0 Å². The highest BCUT2D eigenvalue weighted by Crippen LogP contribution is 2.25. The van der Waals surface area contributed by atoms with Gasteiger partial charge in [-0.3, -0.25) is 0 Å². The highest BCUT2D eigenvalue weighted by molar-refractivity contribution is 6.00. The summed E-state index contributed by atoms with van der Waals surface area (Å²) in [5, 5.41) is 5.39. The number of carbonyl (C=O) groups is 2. The van der Waals surface area contributed by atoms with E-state index in [1.165, 1.54) is 0 Å². The van der Waals surface area contributed by atoms with E-state index < -0.39 is 12.0 Å². The number of carbonyl (C=O) groups excluding carboxylic acids is 2. The van der Waals surface area contributed by atoms with Gasteiger partial charge < -0.3 is 20.1 Å². The predicted molar refractivity (Wildman–Crippen MR) is 105 cm³/mol. The zero-order chi connectivity index (χ0) is 19.6. The van der Waals surface area contributed by atoms with Gasteiger partial charge in [0, 0.05) is 0 Å². The number of benzene rings is 2. The van der Waals surface area contributed by atoms with Gasteiger partial charge in [0.1, 0.15) is 12.4 Å². The standard InChI is InChI=1S/C21H26N2O4/c1-4-26-20(24)17-10-5-7-11-18(17)23-21(25)22-13-14-27-19-12-8-6-9-16(19)15(2)3/h5-12,15H,4,13-14H2,1-3H3,(H2,22,23,25). The molecule has 2 amide bonds.